The van der Waals surface area contributed by atoms with Crippen LogP contribution < -0.4 is 5.32 Å². The molecule has 2 aliphatic rings. The van der Waals surface area contributed by atoms with Gasteiger partial charge in [-0.15, -0.1) is 12.4 Å². The first-order chi connectivity index (χ1) is 43.5. The van der Waals surface area contributed by atoms with Gasteiger partial charge >= 0.3 is 12.4 Å². The summed E-state index contributed by atoms with van der Waals surface area (Å²) in [7, 11) is -3.32. The number of halogens is 15. The fraction of sp³-hybridized carbons (Fsp3) is 0.310. The Balaban J connectivity index is 0.000000246. The lowest BCUT2D eigenvalue weighted by Crippen LogP contribution is -2.45. The first-order valence-electron chi connectivity index (χ1n) is 27.1. The van der Waals surface area contributed by atoms with Crippen molar-refractivity contribution in [1.82, 2.24) is 59.5 Å². The zero-order valence-corrected chi connectivity index (χ0v) is 54.7. The van der Waals surface area contributed by atoms with Gasteiger partial charge in [0.2, 0.25) is 11.6 Å². The Morgan fingerprint density at radius 2 is 1.05 bits per heavy atom. The van der Waals surface area contributed by atoms with Crippen molar-refractivity contribution in [1.29, 1.82) is 0 Å². The van der Waals surface area contributed by atoms with Crippen LogP contribution in [0.3, 0.4) is 0 Å². The summed E-state index contributed by atoms with van der Waals surface area (Å²) in [6.45, 7) is 6.63. The quantitative estimate of drug-likeness (QED) is 0.0471. The Hall–Kier alpha value is -7.34. The lowest BCUT2D eigenvalue weighted by Gasteiger charge is -2.26. The second kappa shape index (κ2) is 33.9. The van der Waals surface area contributed by atoms with Crippen molar-refractivity contribution < 1.29 is 79.1 Å². The minimum Gasteiger partial charge on any atom is -0.350 e. The number of rotatable bonds is 13. The van der Waals surface area contributed by atoms with Crippen LogP contribution in [-0.4, -0.2) is 119 Å². The average Bonchev–Trinajstić information content (AvgIpc) is 1.57. The van der Waals surface area contributed by atoms with Crippen LogP contribution in [-0.2, 0) is 53.9 Å². The highest BCUT2D eigenvalue weighted by atomic mass is 79.9. The molecule has 0 aliphatic carbocycles. The number of aromatic amines is 1. The Labute approximate surface area is 554 Å². The number of pyridine rings is 6. The second-order valence-electron chi connectivity index (χ2n) is 20.4. The van der Waals surface area contributed by atoms with E-state index in [0.717, 1.165) is 83.1 Å². The highest BCUT2D eigenvalue weighted by molar-refractivity contribution is 9.10. The molecule has 0 spiro atoms. The number of hydrogen-bond donors (Lipinski definition) is 2. The molecule has 2 fully saturated rings. The highest BCUT2D eigenvalue weighted by Gasteiger charge is 2.49. The number of ketones is 2. The van der Waals surface area contributed by atoms with Crippen LogP contribution in [0.25, 0.3) is 22.5 Å². The van der Waals surface area contributed by atoms with Gasteiger partial charge in [-0.05, 0) is 139 Å². The van der Waals surface area contributed by atoms with Gasteiger partial charge < -0.3 is 10.3 Å². The Kier molecular flexibility index (Phi) is 27.9. The molecular formula is C58H53BrCl2F12N12O6S3. The molecule has 94 heavy (non-hydrogen) atoms. The number of alkyl halides is 8. The number of carbonyl (C=O) groups is 2. The van der Waals surface area contributed by atoms with E-state index in [-0.39, 0.29) is 84.3 Å². The molecule has 504 valence electrons. The van der Waals surface area contributed by atoms with Crippen molar-refractivity contribution in [2.24, 2.45) is 0 Å². The number of nitrogens with zero attached hydrogens (tertiary/aromatic N) is 10. The lowest BCUT2D eigenvalue weighted by molar-refractivity contribution is -0.145. The third kappa shape index (κ3) is 22.4. The van der Waals surface area contributed by atoms with E-state index >= 15 is 0 Å². The van der Waals surface area contributed by atoms with Crippen LogP contribution >= 0.6 is 51.2 Å². The van der Waals surface area contributed by atoms with Gasteiger partial charge in [0.05, 0.1) is 48.1 Å². The molecule has 0 aromatic carbocycles. The maximum atomic E-state index is 14.6. The fourth-order valence-electron chi connectivity index (χ4n) is 8.69. The number of carbonyl (C=O) groups excluding carboxylic acids is 2. The molecule has 0 saturated carbocycles. The molecule has 10 heterocycles. The number of aromatic nitrogens is 10. The lowest BCUT2D eigenvalue weighted by atomic mass is 9.99. The Bertz CT molecular complexity index is 4100. The predicted molar refractivity (Wildman–Crippen MR) is 327 cm³/mol. The number of Topliss-reactive ketones (excluding diaryl/α,β-unsaturated/α-hetero) is 2. The molecule has 8 aromatic rings. The smallest absolute Gasteiger partial charge is 0.350 e. The number of nitrogens with one attached hydrogen (secondary N) is 2. The molecular weight excluding hydrogens is 1440 g/mol. The monoisotopic (exact) mass is 1490 g/mol. The van der Waals surface area contributed by atoms with Crippen LogP contribution in [0.2, 0.25) is 0 Å². The van der Waals surface area contributed by atoms with E-state index in [0.29, 0.717) is 38.0 Å². The zero-order chi connectivity index (χ0) is 68.8. The maximum absolute atomic E-state index is 14.6. The van der Waals surface area contributed by atoms with Crippen molar-refractivity contribution >= 4 is 81.9 Å². The molecule has 0 amide bonds. The Morgan fingerprint density at radius 3 is 1.43 bits per heavy atom. The topological polar surface area (TPSA) is 249 Å². The van der Waals surface area contributed by atoms with E-state index in [1.807, 2.05) is 6.92 Å². The zero-order valence-electron chi connectivity index (χ0n) is 49.1. The van der Waals surface area contributed by atoms with Gasteiger partial charge in [-0.2, -0.15) is 30.6 Å². The van der Waals surface area contributed by atoms with Crippen LogP contribution in [0.1, 0.15) is 73.4 Å². The third-order valence-electron chi connectivity index (χ3n) is 13.7. The minimum atomic E-state index is -4.69. The summed E-state index contributed by atoms with van der Waals surface area (Å²) in [4.78, 5) is 60.2. The molecule has 18 nitrogen and oxygen atoms in total. The third-order valence-corrected chi connectivity index (χ3v) is 17.5. The number of H-pyrrole nitrogens is 1. The minimum absolute atomic E-state index is 0. The summed E-state index contributed by atoms with van der Waals surface area (Å²) in [5.41, 5.74) is 4.35. The van der Waals surface area contributed by atoms with E-state index in [1.165, 1.54) is 37.5 Å². The SMILES string of the molecule is Cc1cnc(-c2cnc(C(F)(F)F)nc2)cc1CCC(=O)[C@@H]1C[C@@H](F)[C@H](C)N1.Cc1cnc(-c2cnc(C(F)(F)F)nc2)cc1CCC(=O)[C@@H]1C[C@@H](F)[C@H](C)N1S(=O)(=O)c1ccc(F)cn1.Cl.Fc1ccc(=S)[nH]c1.Fc1ccc(Br)nc1.O=S(=O)(Cl)c1ccc(F)cn1. The van der Waals surface area contributed by atoms with Crippen molar-refractivity contribution in [3.05, 3.63) is 189 Å². The van der Waals surface area contributed by atoms with Gasteiger partial charge in [-0.3, -0.25) is 19.6 Å². The van der Waals surface area contributed by atoms with Gasteiger partial charge in [0.25, 0.3) is 19.1 Å². The van der Waals surface area contributed by atoms with Crippen molar-refractivity contribution in [2.45, 2.75) is 125 Å². The van der Waals surface area contributed by atoms with Crippen LogP contribution in [0.15, 0.2) is 137 Å². The molecule has 36 heteroatoms. The predicted octanol–water partition coefficient (Wildman–Crippen LogP) is 13.0. The standard InChI is InChI=1S/C24H22F5N5O3S.C19H20F4N4O.C5H3BrFN.C5H3ClFNO2S.C5H4FNS.ClH/c1-13-9-30-19(16-10-32-23(33-11-16)24(27,28)29)7-15(13)3-5-21(35)20-8-18(26)14(2)34(20)38(36,37)22-6-4-17(25)12-31-22;1-10-7-24-15(13-8-25-18(26-9-13)19(21,22)23)5-12(10)3-4-17(28)16-6-14(20)11(2)27-16;6-5-2-1-4(7)3-8-5;6-11(9,10)5-2-1-4(7)3-8-5;6-4-1-2-5(8)7-3-4;/h4,6-7,9-12,14,18,20H,3,5,8H2,1-2H3;5,7-9,11,14,16,27H,3-4,6H2,1-2H3;1-3H;1-3H;1-3H,(H,7,8);1H/t14-,18+,20-;11-,14+,16-;;;;/m00..../s1. The largest absolute Gasteiger partial charge is 0.451 e. The first-order valence-corrected chi connectivity index (χ1v) is 32.1. The molecule has 2 N–H and O–H groups in total. The molecule has 8 aromatic heterocycles. The van der Waals surface area contributed by atoms with Gasteiger partial charge in [0.15, 0.2) is 15.8 Å². The summed E-state index contributed by atoms with van der Waals surface area (Å²) < 4.78 is 203. The van der Waals surface area contributed by atoms with Crippen molar-refractivity contribution in [2.75, 3.05) is 0 Å². The summed E-state index contributed by atoms with van der Waals surface area (Å²) in [6.07, 6.45) is -0.242. The van der Waals surface area contributed by atoms with Gasteiger partial charge in [0.1, 0.15) is 50.6 Å². The van der Waals surface area contributed by atoms with Crippen molar-refractivity contribution in [3.8, 4) is 22.5 Å². The molecule has 10 rings (SSSR count). The normalized spacial score (nSPS) is 17.9. The maximum Gasteiger partial charge on any atom is 0.451 e. The average molecular weight is 1490 g/mol. The number of aryl methyl sites for hydroxylation is 4. The summed E-state index contributed by atoms with van der Waals surface area (Å²) in [5.74, 6) is -5.02. The number of sulfonamides is 1. The van der Waals surface area contributed by atoms with Crippen LogP contribution in [0, 0.1) is 41.8 Å². The fourth-order valence-corrected chi connectivity index (χ4v) is 11.5. The van der Waals surface area contributed by atoms with Gasteiger partial charge in [-0.25, -0.2) is 78.1 Å². The highest BCUT2D eigenvalue weighted by Crippen LogP contribution is 2.35. The molecule has 0 unspecified atom stereocenters. The summed E-state index contributed by atoms with van der Waals surface area (Å²) in [5, 5.41) is 2.12. The molecule has 6 atom stereocenters. The Morgan fingerprint density at radius 1 is 0.606 bits per heavy atom. The molecule has 0 radical (unpaired) electrons. The summed E-state index contributed by atoms with van der Waals surface area (Å²) >= 11 is 7.72. The second-order valence-corrected chi connectivity index (χ2v) is 25.9. The van der Waals surface area contributed by atoms with Crippen LogP contribution in [0.4, 0.5) is 52.7 Å². The summed E-state index contributed by atoms with van der Waals surface area (Å²) in [6, 6.07) is 9.65. The molecule has 0 bridgehead atoms. The number of hydrogen-bond acceptors (Lipinski definition) is 17. The van der Waals surface area contributed by atoms with E-state index in [1.54, 1.807) is 38.2 Å². The molecule has 2 saturated heterocycles. The van der Waals surface area contributed by atoms with Crippen LogP contribution in [0.5, 0.6) is 0 Å². The van der Waals surface area contributed by atoms with E-state index in [4.69, 9.17) is 10.7 Å². The molecule has 2 aliphatic heterocycles. The first kappa shape index (κ1) is 77.4. The van der Waals surface area contributed by atoms with E-state index in [2.05, 4.69) is 83.3 Å². The van der Waals surface area contributed by atoms with Gasteiger partial charge in [-0.1, -0.05) is 12.2 Å². The van der Waals surface area contributed by atoms with Crippen molar-refractivity contribution in [3.63, 3.8) is 0 Å². The van der Waals surface area contributed by atoms with Gasteiger partial charge in [0, 0.05) is 96.9 Å². The van der Waals surface area contributed by atoms with E-state index < -0.39 is 96.0 Å². The van der Waals surface area contributed by atoms with E-state index in [9.17, 15) is 79.1 Å².